The van der Waals surface area contributed by atoms with Crippen LogP contribution in [0.4, 0.5) is 13.2 Å². The van der Waals surface area contributed by atoms with Gasteiger partial charge in [-0.05, 0) is 19.9 Å². The summed E-state index contributed by atoms with van der Waals surface area (Å²) in [5, 5.41) is 15.9. The molecular formula is C11H18F3N3O. The number of aliphatic hydroxyl groups is 1. The molecule has 18 heavy (non-hydrogen) atoms. The van der Waals surface area contributed by atoms with Crippen LogP contribution in [0.15, 0.2) is 12.4 Å². The van der Waals surface area contributed by atoms with Crippen LogP contribution in [0.5, 0.6) is 0 Å². The second kappa shape index (κ2) is 6.19. The van der Waals surface area contributed by atoms with Crippen molar-refractivity contribution in [1.82, 2.24) is 15.1 Å². The average Bonchev–Trinajstić information content (AvgIpc) is 2.73. The smallest absolute Gasteiger partial charge is 0.382 e. The molecule has 0 bridgehead atoms. The zero-order valence-corrected chi connectivity index (χ0v) is 10.4. The van der Waals surface area contributed by atoms with Crippen molar-refractivity contribution in [2.45, 2.75) is 45.1 Å². The van der Waals surface area contributed by atoms with Gasteiger partial charge in [0.2, 0.25) is 0 Å². The quantitative estimate of drug-likeness (QED) is 0.825. The molecule has 0 amide bonds. The number of nitrogens with one attached hydrogen (secondary N) is 1. The van der Waals surface area contributed by atoms with Crippen LogP contribution in [-0.4, -0.2) is 33.7 Å². The summed E-state index contributed by atoms with van der Waals surface area (Å²) in [6.07, 6.45) is -2.99. The molecule has 0 aromatic carbocycles. The Morgan fingerprint density at radius 3 is 2.72 bits per heavy atom. The topological polar surface area (TPSA) is 50.1 Å². The summed E-state index contributed by atoms with van der Waals surface area (Å²) in [7, 11) is 0. The molecule has 1 aromatic heterocycles. The molecule has 2 N–H and O–H groups in total. The van der Waals surface area contributed by atoms with E-state index in [1.165, 1.54) is 12.4 Å². The van der Waals surface area contributed by atoms with E-state index in [9.17, 15) is 13.2 Å². The molecule has 1 heterocycles. The number of alkyl halides is 3. The van der Waals surface area contributed by atoms with Gasteiger partial charge in [-0.15, -0.1) is 0 Å². The summed E-state index contributed by atoms with van der Waals surface area (Å²) in [6, 6.07) is 0.0294. The first-order valence-electron chi connectivity index (χ1n) is 5.85. The van der Waals surface area contributed by atoms with E-state index in [0.717, 1.165) is 23.2 Å². The van der Waals surface area contributed by atoms with Crippen LogP contribution >= 0.6 is 0 Å². The second-order valence-corrected chi connectivity index (χ2v) is 4.23. The lowest BCUT2D eigenvalue weighted by atomic mass is 10.2. The summed E-state index contributed by atoms with van der Waals surface area (Å²) >= 11 is 0. The van der Waals surface area contributed by atoms with E-state index in [0.29, 0.717) is 0 Å². The van der Waals surface area contributed by atoms with E-state index >= 15 is 0 Å². The highest BCUT2D eigenvalue weighted by atomic mass is 19.4. The van der Waals surface area contributed by atoms with Gasteiger partial charge in [-0.2, -0.15) is 18.3 Å². The number of nitrogens with zero attached hydrogens (tertiary/aromatic N) is 2. The van der Waals surface area contributed by atoms with E-state index in [-0.39, 0.29) is 6.04 Å². The van der Waals surface area contributed by atoms with Crippen molar-refractivity contribution in [3.8, 4) is 0 Å². The minimum atomic E-state index is -4.61. The van der Waals surface area contributed by atoms with E-state index in [1.54, 1.807) is 0 Å². The third-order valence-electron chi connectivity index (χ3n) is 2.59. The predicted octanol–water partition coefficient (Wildman–Crippen LogP) is 1.87. The Kier molecular flexibility index (Phi) is 5.15. The lowest BCUT2D eigenvalue weighted by Gasteiger charge is -2.14. The van der Waals surface area contributed by atoms with Crippen molar-refractivity contribution in [3.63, 3.8) is 0 Å². The van der Waals surface area contributed by atoms with Crippen LogP contribution < -0.4 is 5.32 Å². The van der Waals surface area contributed by atoms with Crippen molar-refractivity contribution < 1.29 is 18.3 Å². The third-order valence-corrected chi connectivity index (χ3v) is 2.59. The van der Waals surface area contributed by atoms with E-state index in [1.807, 2.05) is 13.8 Å². The van der Waals surface area contributed by atoms with Crippen molar-refractivity contribution in [1.29, 1.82) is 0 Å². The highest BCUT2D eigenvalue weighted by Gasteiger charge is 2.38. The number of rotatable bonds is 6. The van der Waals surface area contributed by atoms with E-state index in [4.69, 9.17) is 5.11 Å². The van der Waals surface area contributed by atoms with Crippen molar-refractivity contribution >= 4 is 0 Å². The molecule has 0 aliphatic heterocycles. The molecule has 4 nitrogen and oxygen atoms in total. The first-order chi connectivity index (χ1) is 8.34. The van der Waals surface area contributed by atoms with E-state index in [2.05, 4.69) is 10.4 Å². The average molecular weight is 265 g/mol. The van der Waals surface area contributed by atoms with Crippen LogP contribution in [0, 0.1) is 0 Å². The van der Waals surface area contributed by atoms with Gasteiger partial charge in [0.05, 0.1) is 12.7 Å². The Hall–Kier alpha value is -1.08. The number of aliphatic hydroxyl groups excluding tert-OH is 1. The van der Waals surface area contributed by atoms with Crippen LogP contribution in [0.25, 0.3) is 0 Å². The number of aromatic nitrogens is 2. The Morgan fingerprint density at radius 2 is 2.17 bits per heavy atom. The van der Waals surface area contributed by atoms with Crippen LogP contribution in [0.2, 0.25) is 0 Å². The summed E-state index contributed by atoms with van der Waals surface area (Å²) in [5.41, 5.74) is 0.804. The van der Waals surface area contributed by atoms with Crippen LogP contribution in [-0.2, 0) is 6.54 Å². The van der Waals surface area contributed by atoms with Gasteiger partial charge in [-0.25, -0.2) is 0 Å². The molecule has 0 radical (unpaired) electrons. The minimum absolute atomic E-state index is 0.0294. The molecule has 1 rings (SSSR count). The third kappa shape index (κ3) is 4.30. The molecule has 2 unspecified atom stereocenters. The molecule has 1 aromatic rings. The van der Waals surface area contributed by atoms with Gasteiger partial charge in [0.15, 0.2) is 6.10 Å². The monoisotopic (exact) mass is 265 g/mol. The number of hydrogen-bond donors (Lipinski definition) is 2. The largest absolute Gasteiger partial charge is 0.416 e. The van der Waals surface area contributed by atoms with Gasteiger partial charge in [-0.1, -0.05) is 6.92 Å². The number of hydrogen-bond acceptors (Lipinski definition) is 3. The van der Waals surface area contributed by atoms with Crippen LogP contribution in [0.3, 0.4) is 0 Å². The summed E-state index contributed by atoms with van der Waals surface area (Å²) in [5.74, 6) is 0. The maximum absolute atomic E-state index is 12.2. The Morgan fingerprint density at radius 1 is 1.50 bits per heavy atom. The molecule has 0 saturated heterocycles. The zero-order valence-electron chi connectivity index (χ0n) is 10.4. The molecular weight excluding hydrogens is 247 g/mol. The van der Waals surface area contributed by atoms with Crippen molar-refractivity contribution in [3.05, 3.63) is 18.0 Å². The lowest BCUT2D eigenvalue weighted by Crippen LogP contribution is -2.32. The molecule has 2 atom stereocenters. The summed E-state index contributed by atoms with van der Waals surface area (Å²) in [6.45, 7) is 4.20. The van der Waals surface area contributed by atoms with Gasteiger partial charge in [0.1, 0.15) is 0 Å². The van der Waals surface area contributed by atoms with Crippen molar-refractivity contribution in [2.75, 3.05) is 6.54 Å². The molecule has 0 spiro atoms. The Balaban J connectivity index is 2.58. The highest BCUT2D eigenvalue weighted by molar-refractivity contribution is 5.09. The predicted molar refractivity (Wildman–Crippen MR) is 61.0 cm³/mol. The second-order valence-electron chi connectivity index (χ2n) is 4.23. The van der Waals surface area contributed by atoms with Crippen LogP contribution in [0.1, 0.15) is 31.9 Å². The first-order valence-corrected chi connectivity index (χ1v) is 5.85. The minimum Gasteiger partial charge on any atom is -0.382 e. The van der Waals surface area contributed by atoms with Crippen molar-refractivity contribution in [2.24, 2.45) is 0 Å². The van der Waals surface area contributed by atoms with E-state index < -0.39 is 18.8 Å². The SMILES string of the molecule is CCCNC(C)c1cnn(CC(O)C(F)(F)F)c1. The van der Waals surface area contributed by atoms with Gasteiger partial charge in [0.25, 0.3) is 0 Å². The summed E-state index contributed by atoms with van der Waals surface area (Å²) < 4.78 is 37.6. The van der Waals surface area contributed by atoms with Gasteiger partial charge >= 0.3 is 6.18 Å². The Bertz CT molecular complexity index is 365. The fourth-order valence-corrected chi connectivity index (χ4v) is 1.46. The lowest BCUT2D eigenvalue weighted by molar-refractivity contribution is -0.208. The fourth-order valence-electron chi connectivity index (χ4n) is 1.46. The normalized spacial score (nSPS) is 15.7. The molecule has 0 aliphatic carbocycles. The maximum atomic E-state index is 12.2. The van der Waals surface area contributed by atoms with Gasteiger partial charge in [-0.3, -0.25) is 4.68 Å². The molecule has 0 fully saturated rings. The fraction of sp³-hybridized carbons (Fsp3) is 0.727. The molecule has 0 aliphatic rings. The van der Waals surface area contributed by atoms with Gasteiger partial charge < -0.3 is 10.4 Å². The molecule has 0 saturated carbocycles. The summed E-state index contributed by atoms with van der Waals surface area (Å²) in [4.78, 5) is 0. The zero-order chi connectivity index (χ0) is 13.8. The highest BCUT2D eigenvalue weighted by Crippen LogP contribution is 2.21. The maximum Gasteiger partial charge on any atom is 0.416 e. The molecule has 104 valence electrons. The molecule has 7 heteroatoms. The first kappa shape index (κ1) is 15.0. The number of halogens is 3. The van der Waals surface area contributed by atoms with Gasteiger partial charge in [0, 0.05) is 17.8 Å². The Labute approximate surface area is 104 Å². The standard InChI is InChI=1S/C11H18F3N3O/c1-3-4-15-8(2)9-5-16-17(6-9)7-10(18)11(12,13)14/h5-6,8,10,15,18H,3-4,7H2,1-2H3.